The fourth-order valence-electron chi connectivity index (χ4n) is 1.82. The first-order chi connectivity index (χ1) is 7.70. The van der Waals surface area contributed by atoms with Crippen LogP contribution in [0.5, 0.6) is 0 Å². The lowest BCUT2D eigenvalue weighted by atomic mass is 10.2. The largest absolute Gasteiger partial charge is 0.353 e. The van der Waals surface area contributed by atoms with Crippen molar-refractivity contribution in [3.8, 4) is 0 Å². The van der Waals surface area contributed by atoms with Gasteiger partial charge >= 0.3 is 0 Å². The van der Waals surface area contributed by atoms with Gasteiger partial charge in [-0.1, -0.05) is 0 Å². The van der Waals surface area contributed by atoms with Gasteiger partial charge in [0.05, 0.1) is 11.8 Å². The molecule has 1 saturated heterocycles. The molecule has 1 fully saturated rings. The Morgan fingerprint density at radius 1 is 1.38 bits per heavy atom. The van der Waals surface area contributed by atoms with Crippen LogP contribution in [0.25, 0.3) is 0 Å². The van der Waals surface area contributed by atoms with Crippen LogP contribution >= 0.6 is 0 Å². The molecule has 1 aliphatic rings. The second kappa shape index (κ2) is 4.57. The number of hydrogen-bond acceptors (Lipinski definition) is 4. The van der Waals surface area contributed by atoms with E-state index in [1.807, 2.05) is 4.90 Å². The molecular formula is C11H14FN3O. The van der Waals surface area contributed by atoms with Crippen LogP contribution in [0.3, 0.4) is 0 Å². The van der Waals surface area contributed by atoms with Crippen molar-refractivity contribution in [1.29, 1.82) is 0 Å². The number of aldehydes is 1. The standard InChI is InChI=1S/C11H14FN3O/c1-14-2-4-15(5-3-14)11-9(8-16)6-10(12)7-13-11/h6-8H,2-5H2,1H3. The number of pyridine rings is 1. The van der Waals surface area contributed by atoms with E-state index in [9.17, 15) is 9.18 Å². The lowest BCUT2D eigenvalue weighted by Crippen LogP contribution is -2.45. The third kappa shape index (κ3) is 2.19. The first-order valence-electron chi connectivity index (χ1n) is 5.25. The van der Waals surface area contributed by atoms with Crippen molar-refractivity contribution in [1.82, 2.24) is 9.88 Å². The highest BCUT2D eigenvalue weighted by atomic mass is 19.1. The van der Waals surface area contributed by atoms with Crippen LogP contribution in [0.1, 0.15) is 10.4 Å². The molecule has 2 heterocycles. The monoisotopic (exact) mass is 223 g/mol. The Kier molecular flexibility index (Phi) is 3.14. The molecule has 2 rings (SSSR count). The predicted octanol–water partition coefficient (Wildman–Crippen LogP) is 0.785. The molecule has 0 radical (unpaired) electrons. The minimum absolute atomic E-state index is 0.324. The number of nitrogens with zero attached hydrogens (tertiary/aromatic N) is 3. The minimum Gasteiger partial charge on any atom is -0.353 e. The molecule has 1 aromatic rings. The molecule has 1 aromatic heterocycles. The van der Waals surface area contributed by atoms with Crippen LogP contribution in [0, 0.1) is 5.82 Å². The van der Waals surface area contributed by atoms with E-state index in [2.05, 4.69) is 16.9 Å². The van der Waals surface area contributed by atoms with Gasteiger partial charge in [-0.3, -0.25) is 4.79 Å². The highest BCUT2D eigenvalue weighted by molar-refractivity contribution is 5.82. The Labute approximate surface area is 93.7 Å². The van der Waals surface area contributed by atoms with Gasteiger partial charge in [0.25, 0.3) is 0 Å². The third-order valence-corrected chi connectivity index (χ3v) is 2.79. The topological polar surface area (TPSA) is 36.4 Å². The fourth-order valence-corrected chi connectivity index (χ4v) is 1.82. The van der Waals surface area contributed by atoms with Gasteiger partial charge in [-0.05, 0) is 13.1 Å². The molecule has 16 heavy (non-hydrogen) atoms. The first-order valence-corrected chi connectivity index (χ1v) is 5.25. The molecule has 0 aliphatic carbocycles. The van der Waals surface area contributed by atoms with Crippen molar-refractivity contribution in [2.45, 2.75) is 0 Å². The van der Waals surface area contributed by atoms with Crippen LogP contribution in [0.4, 0.5) is 10.2 Å². The number of halogens is 1. The van der Waals surface area contributed by atoms with Crippen molar-refractivity contribution >= 4 is 12.1 Å². The summed E-state index contributed by atoms with van der Waals surface area (Å²) < 4.78 is 12.9. The molecule has 0 aromatic carbocycles. The summed E-state index contributed by atoms with van der Waals surface area (Å²) in [6.07, 6.45) is 1.81. The molecule has 0 spiro atoms. The number of likely N-dealkylation sites (N-methyl/N-ethyl adjacent to an activating group) is 1. The number of carbonyl (C=O) groups is 1. The van der Waals surface area contributed by atoms with Gasteiger partial charge in [0, 0.05) is 26.2 Å². The van der Waals surface area contributed by atoms with Gasteiger partial charge < -0.3 is 9.80 Å². The normalized spacial score (nSPS) is 17.5. The Hall–Kier alpha value is -1.49. The van der Waals surface area contributed by atoms with E-state index >= 15 is 0 Å². The molecular weight excluding hydrogens is 209 g/mol. The number of anilines is 1. The zero-order valence-corrected chi connectivity index (χ0v) is 9.19. The summed E-state index contributed by atoms with van der Waals surface area (Å²) in [6, 6.07) is 1.23. The van der Waals surface area contributed by atoms with Gasteiger partial charge in [-0.15, -0.1) is 0 Å². The van der Waals surface area contributed by atoms with Crippen molar-refractivity contribution in [3.63, 3.8) is 0 Å². The zero-order chi connectivity index (χ0) is 11.5. The predicted molar refractivity (Wildman–Crippen MR) is 59.3 cm³/mol. The Balaban J connectivity index is 2.23. The summed E-state index contributed by atoms with van der Waals surface area (Å²) in [4.78, 5) is 19.1. The summed E-state index contributed by atoms with van der Waals surface area (Å²) in [5.41, 5.74) is 0.324. The van der Waals surface area contributed by atoms with Crippen molar-refractivity contribution in [3.05, 3.63) is 23.6 Å². The second-order valence-corrected chi connectivity index (χ2v) is 3.97. The van der Waals surface area contributed by atoms with Gasteiger partial charge in [-0.2, -0.15) is 0 Å². The first kappa shape index (κ1) is 11.0. The van der Waals surface area contributed by atoms with Crippen molar-refractivity contribution in [2.75, 3.05) is 38.1 Å². The zero-order valence-electron chi connectivity index (χ0n) is 9.19. The average molecular weight is 223 g/mol. The number of aromatic nitrogens is 1. The maximum atomic E-state index is 12.9. The smallest absolute Gasteiger partial charge is 0.153 e. The van der Waals surface area contributed by atoms with E-state index in [0.29, 0.717) is 17.7 Å². The lowest BCUT2D eigenvalue weighted by molar-refractivity contribution is 0.112. The average Bonchev–Trinajstić information content (AvgIpc) is 2.30. The molecule has 0 unspecified atom stereocenters. The Morgan fingerprint density at radius 2 is 2.06 bits per heavy atom. The number of carbonyl (C=O) groups excluding carboxylic acids is 1. The SMILES string of the molecule is CN1CCN(c2ncc(F)cc2C=O)CC1. The maximum absolute atomic E-state index is 12.9. The maximum Gasteiger partial charge on any atom is 0.153 e. The molecule has 0 saturated carbocycles. The van der Waals surface area contributed by atoms with Gasteiger partial charge in [0.1, 0.15) is 11.6 Å². The van der Waals surface area contributed by atoms with E-state index < -0.39 is 5.82 Å². The Bertz CT molecular complexity index is 389. The summed E-state index contributed by atoms with van der Waals surface area (Å²) in [7, 11) is 2.05. The van der Waals surface area contributed by atoms with Crippen LogP contribution in [-0.4, -0.2) is 49.4 Å². The summed E-state index contributed by atoms with van der Waals surface area (Å²) >= 11 is 0. The van der Waals surface area contributed by atoms with E-state index in [0.717, 1.165) is 32.4 Å². The summed E-state index contributed by atoms with van der Waals surface area (Å²) in [6.45, 7) is 3.49. The lowest BCUT2D eigenvalue weighted by Gasteiger charge is -2.33. The van der Waals surface area contributed by atoms with Crippen molar-refractivity contribution in [2.24, 2.45) is 0 Å². The highest BCUT2D eigenvalue weighted by Crippen LogP contribution is 2.18. The summed E-state index contributed by atoms with van der Waals surface area (Å²) in [5, 5.41) is 0. The molecule has 86 valence electrons. The van der Waals surface area contributed by atoms with Gasteiger partial charge in [0.2, 0.25) is 0 Å². The van der Waals surface area contributed by atoms with Gasteiger partial charge in [-0.25, -0.2) is 9.37 Å². The summed E-state index contributed by atoms with van der Waals surface area (Å²) in [5.74, 6) is 0.115. The molecule has 0 bridgehead atoms. The minimum atomic E-state index is -0.472. The molecule has 4 nitrogen and oxygen atoms in total. The number of rotatable bonds is 2. The van der Waals surface area contributed by atoms with Crippen LogP contribution in [0.15, 0.2) is 12.3 Å². The quantitative estimate of drug-likeness (QED) is 0.694. The third-order valence-electron chi connectivity index (χ3n) is 2.79. The van der Waals surface area contributed by atoms with E-state index in [-0.39, 0.29) is 0 Å². The van der Waals surface area contributed by atoms with Crippen molar-refractivity contribution < 1.29 is 9.18 Å². The van der Waals surface area contributed by atoms with Gasteiger partial charge in [0.15, 0.2) is 6.29 Å². The number of hydrogen-bond donors (Lipinski definition) is 0. The van der Waals surface area contributed by atoms with E-state index in [1.54, 1.807) is 0 Å². The van der Waals surface area contributed by atoms with Crippen LogP contribution in [-0.2, 0) is 0 Å². The van der Waals surface area contributed by atoms with E-state index in [1.165, 1.54) is 6.07 Å². The van der Waals surface area contributed by atoms with Crippen LogP contribution < -0.4 is 4.90 Å². The molecule has 0 amide bonds. The molecule has 5 heteroatoms. The van der Waals surface area contributed by atoms with Crippen LogP contribution in [0.2, 0.25) is 0 Å². The highest BCUT2D eigenvalue weighted by Gasteiger charge is 2.18. The van der Waals surface area contributed by atoms with E-state index in [4.69, 9.17) is 0 Å². The molecule has 0 atom stereocenters. The molecule has 1 aliphatic heterocycles. The molecule has 0 N–H and O–H groups in total. The Morgan fingerprint density at radius 3 is 2.69 bits per heavy atom. The number of piperazine rings is 1. The second-order valence-electron chi connectivity index (χ2n) is 3.97. The fraction of sp³-hybridized carbons (Fsp3) is 0.455.